The fourth-order valence-electron chi connectivity index (χ4n) is 2.64. The Labute approximate surface area is 146 Å². The normalized spacial score (nSPS) is 10.5. The molecule has 0 atom stereocenters. The molecule has 0 unspecified atom stereocenters. The van der Waals surface area contributed by atoms with Gasteiger partial charge in [-0.25, -0.2) is 4.98 Å². The van der Waals surface area contributed by atoms with Crippen molar-refractivity contribution in [3.8, 4) is 17.1 Å². The molecule has 0 aliphatic rings. The Hall–Kier alpha value is -3.08. The van der Waals surface area contributed by atoms with Crippen LogP contribution in [0.2, 0.25) is 0 Å². The van der Waals surface area contributed by atoms with E-state index in [-0.39, 0.29) is 11.6 Å². The number of nitrogens with zero attached hydrogens (tertiary/aromatic N) is 1. The molecule has 1 aromatic heterocycles. The van der Waals surface area contributed by atoms with Gasteiger partial charge in [0.05, 0.1) is 7.11 Å². The molecule has 0 bridgehead atoms. The van der Waals surface area contributed by atoms with E-state index in [1.807, 2.05) is 36.4 Å². The van der Waals surface area contributed by atoms with E-state index in [0.29, 0.717) is 12.3 Å². The van der Waals surface area contributed by atoms with Gasteiger partial charge in [-0.3, -0.25) is 4.79 Å². The number of amides is 1. The van der Waals surface area contributed by atoms with E-state index in [1.165, 1.54) is 17.5 Å². The molecular formula is C20H20N2O3. The number of benzene rings is 2. The van der Waals surface area contributed by atoms with Crippen LogP contribution in [0.5, 0.6) is 5.75 Å². The van der Waals surface area contributed by atoms with Crippen LogP contribution in [0.3, 0.4) is 0 Å². The number of oxazole rings is 1. The van der Waals surface area contributed by atoms with Crippen molar-refractivity contribution in [2.75, 3.05) is 13.7 Å². The average Bonchev–Trinajstić information content (AvgIpc) is 3.13. The van der Waals surface area contributed by atoms with E-state index in [9.17, 15) is 4.79 Å². The first kappa shape index (κ1) is 16.8. The highest BCUT2D eigenvalue weighted by Crippen LogP contribution is 2.25. The predicted octanol–water partition coefficient (Wildman–Crippen LogP) is 3.63. The minimum Gasteiger partial charge on any atom is -0.497 e. The number of ether oxygens (including phenoxy) is 1. The van der Waals surface area contributed by atoms with Gasteiger partial charge in [-0.1, -0.05) is 24.3 Å². The van der Waals surface area contributed by atoms with E-state index >= 15 is 0 Å². The topological polar surface area (TPSA) is 64.4 Å². The molecule has 128 valence electrons. The first-order valence-electron chi connectivity index (χ1n) is 8.09. The maximum absolute atomic E-state index is 12.4. The molecule has 0 fully saturated rings. The molecule has 0 radical (unpaired) electrons. The van der Waals surface area contributed by atoms with Gasteiger partial charge in [0.25, 0.3) is 5.91 Å². The molecule has 1 heterocycles. The SMILES string of the molecule is COc1ccc(-c2ocnc2C(=O)NCCc2ccccc2C)cc1. The Morgan fingerprint density at radius 2 is 1.92 bits per heavy atom. The van der Waals surface area contributed by atoms with Crippen LogP contribution >= 0.6 is 0 Å². The number of carbonyl (C=O) groups is 1. The minimum absolute atomic E-state index is 0.242. The molecule has 1 N–H and O–H groups in total. The van der Waals surface area contributed by atoms with Crippen LogP contribution in [0.4, 0.5) is 0 Å². The van der Waals surface area contributed by atoms with Gasteiger partial charge in [0, 0.05) is 12.1 Å². The summed E-state index contributed by atoms with van der Waals surface area (Å²) in [4.78, 5) is 16.5. The molecule has 0 saturated carbocycles. The molecule has 1 amide bonds. The van der Waals surface area contributed by atoms with E-state index in [4.69, 9.17) is 9.15 Å². The third kappa shape index (κ3) is 3.88. The summed E-state index contributed by atoms with van der Waals surface area (Å²) in [5.41, 5.74) is 3.51. The zero-order valence-corrected chi connectivity index (χ0v) is 14.3. The summed E-state index contributed by atoms with van der Waals surface area (Å²) in [7, 11) is 1.61. The first-order chi connectivity index (χ1) is 12.2. The Balaban J connectivity index is 1.67. The van der Waals surface area contributed by atoms with Gasteiger partial charge >= 0.3 is 0 Å². The van der Waals surface area contributed by atoms with E-state index in [1.54, 1.807) is 7.11 Å². The molecule has 2 aromatic carbocycles. The van der Waals surface area contributed by atoms with Gasteiger partial charge in [-0.05, 0) is 48.7 Å². The molecule has 0 spiro atoms. The molecular weight excluding hydrogens is 316 g/mol. The zero-order chi connectivity index (χ0) is 17.6. The highest BCUT2D eigenvalue weighted by atomic mass is 16.5. The van der Waals surface area contributed by atoms with Crippen molar-refractivity contribution in [2.45, 2.75) is 13.3 Å². The number of rotatable bonds is 6. The van der Waals surface area contributed by atoms with Crippen LogP contribution in [0.15, 0.2) is 59.3 Å². The Kier molecular flexibility index (Phi) is 5.14. The summed E-state index contributed by atoms with van der Waals surface area (Å²) in [5.74, 6) is 0.955. The quantitative estimate of drug-likeness (QED) is 0.746. The van der Waals surface area contributed by atoms with Crippen LogP contribution in [0.1, 0.15) is 21.6 Å². The zero-order valence-electron chi connectivity index (χ0n) is 14.3. The highest BCUT2D eigenvalue weighted by molar-refractivity contribution is 5.97. The van der Waals surface area contributed by atoms with Gasteiger partial charge < -0.3 is 14.5 Å². The Morgan fingerprint density at radius 1 is 1.16 bits per heavy atom. The molecule has 25 heavy (non-hydrogen) atoms. The standard InChI is InChI=1S/C20H20N2O3/c1-14-5-3-4-6-15(14)11-12-21-20(23)18-19(25-13-22-18)16-7-9-17(24-2)10-8-16/h3-10,13H,11-12H2,1-2H3,(H,21,23). The van der Waals surface area contributed by atoms with Crippen molar-refractivity contribution < 1.29 is 13.9 Å². The number of nitrogens with one attached hydrogen (secondary N) is 1. The summed E-state index contributed by atoms with van der Waals surface area (Å²) in [6.07, 6.45) is 2.06. The smallest absolute Gasteiger partial charge is 0.273 e. The van der Waals surface area contributed by atoms with Crippen molar-refractivity contribution in [1.29, 1.82) is 0 Å². The second-order valence-electron chi connectivity index (χ2n) is 5.69. The van der Waals surface area contributed by atoms with Crippen LogP contribution in [-0.2, 0) is 6.42 Å². The second kappa shape index (κ2) is 7.66. The summed E-state index contributed by atoms with van der Waals surface area (Å²) in [6, 6.07) is 15.5. The number of aryl methyl sites for hydroxylation is 1. The molecule has 0 saturated heterocycles. The largest absolute Gasteiger partial charge is 0.497 e. The number of aromatic nitrogens is 1. The van der Waals surface area contributed by atoms with Crippen molar-refractivity contribution in [2.24, 2.45) is 0 Å². The van der Waals surface area contributed by atoms with Gasteiger partial charge in [-0.15, -0.1) is 0 Å². The van der Waals surface area contributed by atoms with Crippen molar-refractivity contribution in [3.05, 3.63) is 71.7 Å². The average molecular weight is 336 g/mol. The summed E-state index contributed by atoms with van der Waals surface area (Å²) < 4.78 is 10.6. The van der Waals surface area contributed by atoms with E-state index < -0.39 is 0 Å². The molecule has 0 aliphatic heterocycles. The van der Waals surface area contributed by atoms with E-state index in [2.05, 4.69) is 29.4 Å². The molecule has 3 rings (SSSR count). The van der Waals surface area contributed by atoms with E-state index in [0.717, 1.165) is 17.7 Å². The number of carbonyl (C=O) groups excluding carboxylic acids is 1. The fourth-order valence-corrected chi connectivity index (χ4v) is 2.64. The number of hydrogen-bond donors (Lipinski definition) is 1. The van der Waals surface area contributed by atoms with Crippen LogP contribution in [0, 0.1) is 6.92 Å². The maximum Gasteiger partial charge on any atom is 0.273 e. The highest BCUT2D eigenvalue weighted by Gasteiger charge is 2.18. The lowest BCUT2D eigenvalue weighted by molar-refractivity contribution is 0.0950. The van der Waals surface area contributed by atoms with Gasteiger partial charge in [-0.2, -0.15) is 0 Å². The molecule has 5 nitrogen and oxygen atoms in total. The lowest BCUT2D eigenvalue weighted by Crippen LogP contribution is -2.26. The van der Waals surface area contributed by atoms with Gasteiger partial charge in [0.1, 0.15) is 5.75 Å². The lowest BCUT2D eigenvalue weighted by atomic mass is 10.1. The number of hydrogen-bond acceptors (Lipinski definition) is 4. The maximum atomic E-state index is 12.4. The Morgan fingerprint density at radius 3 is 2.64 bits per heavy atom. The lowest BCUT2D eigenvalue weighted by Gasteiger charge is -2.07. The van der Waals surface area contributed by atoms with Gasteiger partial charge in [0.2, 0.25) is 0 Å². The van der Waals surface area contributed by atoms with Crippen molar-refractivity contribution in [1.82, 2.24) is 10.3 Å². The predicted molar refractivity (Wildman–Crippen MR) is 95.7 cm³/mol. The summed E-state index contributed by atoms with van der Waals surface area (Å²) in [6.45, 7) is 2.61. The van der Waals surface area contributed by atoms with Crippen molar-refractivity contribution in [3.63, 3.8) is 0 Å². The number of methoxy groups -OCH3 is 1. The molecule has 5 heteroatoms. The third-order valence-corrected chi connectivity index (χ3v) is 4.08. The fraction of sp³-hybridized carbons (Fsp3) is 0.200. The van der Waals surface area contributed by atoms with Crippen LogP contribution in [0.25, 0.3) is 11.3 Å². The Bertz CT molecular complexity index is 853. The minimum atomic E-state index is -0.242. The second-order valence-corrected chi connectivity index (χ2v) is 5.69. The molecule has 3 aromatic rings. The monoisotopic (exact) mass is 336 g/mol. The van der Waals surface area contributed by atoms with Gasteiger partial charge in [0.15, 0.2) is 17.8 Å². The summed E-state index contributed by atoms with van der Waals surface area (Å²) in [5, 5.41) is 2.91. The third-order valence-electron chi connectivity index (χ3n) is 4.08. The van der Waals surface area contributed by atoms with Crippen LogP contribution in [-0.4, -0.2) is 24.5 Å². The first-order valence-corrected chi connectivity index (χ1v) is 8.09. The van der Waals surface area contributed by atoms with Crippen molar-refractivity contribution >= 4 is 5.91 Å². The van der Waals surface area contributed by atoms with Crippen LogP contribution < -0.4 is 10.1 Å². The molecule has 0 aliphatic carbocycles. The summed E-state index contributed by atoms with van der Waals surface area (Å²) >= 11 is 0.